The van der Waals surface area contributed by atoms with Crippen molar-refractivity contribution in [2.45, 2.75) is 11.8 Å². The number of hydrogen-bond acceptors (Lipinski definition) is 1. The highest BCUT2D eigenvalue weighted by atomic mass is 79.9. The molecule has 0 heterocycles. The summed E-state index contributed by atoms with van der Waals surface area (Å²) < 4.78 is 46.5. The van der Waals surface area contributed by atoms with Crippen LogP contribution in [0.25, 0.3) is 0 Å². The van der Waals surface area contributed by atoms with E-state index in [1.165, 1.54) is 37.4 Å². The molecule has 5 heteroatoms. The van der Waals surface area contributed by atoms with E-state index < -0.39 is 22.3 Å². The molecule has 0 spiro atoms. The van der Waals surface area contributed by atoms with E-state index in [0.29, 0.717) is 16.9 Å². The fraction of sp³-hybridized carbons (Fsp3) is 0.200. The topological polar surface area (TPSA) is 9.23 Å². The summed E-state index contributed by atoms with van der Waals surface area (Å²) in [5.74, 6) is -1.49. The van der Waals surface area contributed by atoms with Gasteiger partial charge in [-0.25, -0.2) is 13.2 Å². The van der Waals surface area contributed by atoms with Crippen LogP contribution < -0.4 is 4.74 Å². The van der Waals surface area contributed by atoms with Gasteiger partial charge in [-0.2, -0.15) is 0 Å². The smallest absolute Gasteiger partial charge is 0.133 e. The van der Waals surface area contributed by atoms with E-state index in [-0.39, 0.29) is 5.56 Å². The van der Waals surface area contributed by atoms with Gasteiger partial charge in [0, 0.05) is 11.1 Å². The number of aryl methyl sites for hydroxylation is 1. The lowest BCUT2D eigenvalue weighted by Gasteiger charge is -2.17. The Bertz CT molecular complexity index is 643. The molecule has 0 aromatic heterocycles. The summed E-state index contributed by atoms with van der Waals surface area (Å²) in [4.78, 5) is -0.840. The molecule has 1 atom stereocenters. The molecule has 1 unspecified atom stereocenters. The Morgan fingerprint density at radius 2 is 1.80 bits per heavy atom. The average molecular weight is 345 g/mol. The zero-order chi connectivity index (χ0) is 14.9. The van der Waals surface area contributed by atoms with Crippen LogP contribution in [0.15, 0.2) is 30.3 Å². The largest absolute Gasteiger partial charge is 0.496 e. The van der Waals surface area contributed by atoms with Crippen LogP contribution in [0.2, 0.25) is 0 Å². The molecular formula is C15H12BrF3O. The van der Waals surface area contributed by atoms with Crippen molar-refractivity contribution in [1.29, 1.82) is 0 Å². The molecule has 0 saturated heterocycles. The fourth-order valence-corrected chi connectivity index (χ4v) is 2.75. The number of alkyl halides is 1. The van der Waals surface area contributed by atoms with E-state index in [2.05, 4.69) is 15.9 Å². The van der Waals surface area contributed by atoms with Gasteiger partial charge in [0.05, 0.1) is 11.9 Å². The maximum Gasteiger partial charge on any atom is 0.133 e. The molecule has 0 aliphatic heterocycles. The van der Waals surface area contributed by atoms with Crippen LogP contribution in [0.4, 0.5) is 13.2 Å². The second-order valence-corrected chi connectivity index (χ2v) is 5.26. The predicted octanol–water partition coefficient (Wildman–Crippen LogP) is 4.91. The summed E-state index contributed by atoms with van der Waals surface area (Å²) in [7, 11) is 1.42. The Hall–Kier alpha value is -1.49. The zero-order valence-electron chi connectivity index (χ0n) is 10.9. The molecule has 0 fully saturated rings. The maximum absolute atomic E-state index is 14.1. The van der Waals surface area contributed by atoms with Crippen molar-refractivity contribution in [2.75, 3.05) is 7.11 Å². The van der Waals surface area contributed by atoms with Crippen LogP contribution in [0.1, 0.15) is 21.5 Å². The Labute approximate surface area is 123 Å². The predicted molar refractivity (Wildman–Crippen MR) is 74.8 cm³/mol. The van der Waals surface area contributed by atoms with Gasteiger partial charge in [0.25, 0.3) is 0 Å². The third kappa shape index (κ3) is 2.68. The summed E-state index contributed by atoms with van der Waals surface area (Å²) in [5.41, 5.74) is 0.492. The van der Waals surface area contributed by atoms with Crippen molar-refractivity contribution in [3.63, 3.8) is 0 Å². The minimum absolute atomic E-state index is 0.158. The quantitative estimate of drug-likeness (QED) is 0.719. The van der Waals surface area contributed by atoms with Gasteiger partial charge in [0.2, 0.25) is 0 Å². The van der Waals surface area contributed by atoms with E-state index in [1.54, 1.807) is 6.92 Å². The summed E-state index contributed by atoms with van der Waals surface area (Å²) in [6, 6.07) is 6.39. The van der Waals surface area contributed by atoms with Gasteiger partial charge in [-0.05, 0) is 36.8 Å². The highest BCUT2D eigenvalue weighted by Gasteiger charge is 2.24. The molecule has 0 bridgehead atoms. The van der Waals surface area contributed by atoms with Gasteiger partial charge in [-0.3, -0.25) is 0 Å². The lowest BCUT2D eigenvalue weighted by molar-refractivity contribution is 0.408. The first-order chi connectivity index (χ1) is 9.45. The molecule has 0 aliphatic carbocycles. The third-order valence-corrected chi connectivity index (χ3v) is 3.99. The molecule has 2 aromatic carbocycles. The normalized spacial score (nSPS) is 12.3. The number of benzene rings is 2. The average Bonchev–Trinajstić information content (AvgIpc) is 2.43. The first-order valence-electron chi connectivity index (χ1n) is 5.87. The monoisotopic (exact) mass is 344 g/mol. The molecule has 20 heavy (non-hydrogen) atoms. The number of ether oxygens (including phenoxy) is 1. The van der Waals surface area contributed by atoms with Gasteiger partial charge in [-0.1, -0.05) is 22.0 Å². The molecule has 0 saturated carbocycles. The first-order valence-corrected chi connectivity index (χ1v) is 6.79. The Morgan fingerprint density at radius 3 is 2.45 bits per heavy atom. The van der Waals surface area contributed by atoms with Crippen LogP contribution >= 0.6 is 15.9 Å². The van der Waals surface area contributed by atoms with Crippen molar-refractivity contribution in [2.24, 2.45) is 0 Å². The Kier molecular flexibility index (Phi) is 4.38. The SMILES string of the molecule is COc1ccc(F)cc1C(Br)c1c(F)ccc(C)c1F. The van der Waals surface area contributed by atoms with Crippen LogP contribution in [-0.4, -0.2) is 7.11 Å². The minimum Gasteiger partial charge on any atom is -0.496 e. The van der Waals surface area contributed by atoms with Crippen LogP contribution in [-0.2, 0) is 0 Å². The van der Waals surface area contributed by atoms with E-state index >= 15 is 0 Å². The van der Waals surface area contributed by atoms with Gasteiger partial charge < -0.3 is 4.74 Å². The van der Waals surface area contributed by atoms with E-state index in [1.807, 2.05) is 0 Å². The van der Waals surface area contributed by atoms with Gasteiger partial charge in [-0.15, -0.1) is 0 Å². The molecule has 0 aliphatic rings. The molecular weight excluding hydrogens is 333 g/mol. The Morgan fingerprint density at radius 1 is 1.10 bits per heavy atom. The van der Waals surface area contributed by atoms with Crippen molar-refractivity contribution in [3.05, 3.63) is 64.5 Å². The molecule has 0 amide bonds. The van der Waals surface area contributed by atoms with Gasteiger partial charge >= 0.3 is 0 Å². The molecule has 106 valence electrons. The molecule has 1 nitrogen and oxygen atoms in total. The van der Waals surface area contributed by atoms with E-state index in [0.717, 1.165) is 0 Å². The number of halogens is 4. The Balaban J connectivity index is 2.60. The molecule has 2 aromatic rings. The standard InChI is InChI=1S/C15H12BrF3O/c1-8-3-5-11(18)13(15(8)19)14(16)10-7-9(17)4-6-12(10)20-2/h3-7,14H,1-2H3. The lowest BCUT2D eigenvalue weighted by Crippen LogP contribution is -2.04. The zero-order valence-corrected chi connectivity index (χ0v) is 12.5. The second-order valence-electron chi connectivity index (χ2n) is 4.34. The minimum atomic E-state index is -0.840. The van der Waals surface area contributed by atoms with Gasteiger partial charge in [0.15, 0.2) is 0 Å². The highest BCUT2D eigenvalue weighted by molar-refractivity contribution is 9.09. The summed E-state index contributed by atoms with van der Waals surface area (Å²) in [6.07, 6.45) is 0. The molecule has 0 radical (unpaired) electrons. The lowest BCUT2D eigenvalue weighted by atomic mass is 10.0. The summed E-state index contributed by atoms with van der Waals surface area (Å²) in [5, 5.41) is 0. The maximum atomic E-state index is 14.1. The fourth-order valence-electron chi connectivity index (χ4n) is 1.97. The van der Waals surface area contributed by atoms with Crippen LogP contribution in [0.5, 0.6) is 5.75 Å². The van der Waals surface area contributed by atoms with Crippen molar-refractivity contribution >= 4 is 15.9 Å². The first kappa shape index (κ1) is 14.9. The number of rotatable bonds is 3. The molecule has 2 rings (SSSR count). The number of hydrogen-bond donors (Lipinski definition) is 0. The summed E-state index contributed by atoms with van der Waals surface area (Å²) in [6.45, 7) is 1.54. The van der Waals surface area contributed by atoms with E-state index in [4.69, 9.17) is 4.74 Å². The van der Waals surface area contributed by atoms with E-state index in [9.17, 15) is 13.2 Å². The van der Waals surface area contributed by atoms with Gasteiger partial charge in [0.1, 0.15) is 23.2 Å². The van der Waals surface area contributed by atoms with Crippen LogP contribution in [0, 0.1) is 24.4 Å². The van der Waals surface area contributed by atoms with Crippen molar-refractivity contribution in [1.82, 2.24) is 0 Å². The van der Waals surface area contributed by atoms with Crippen molar-refractivity contribution < 1.29 is 17.9 Å². The molecule has 0 N–H and O–H groups in total. The summed E-state index contributed by atoms with van der Waals surface area (Å²) >= 11 is 3.23. The number of methoxy groups -OCH3 is 1. The third-order valence-electron chi connectivity index (χ3n) is 3.04. The van der Waals surface area contributed by atoms with Crippen LogP contribution in [0.3, 0.4) is 0 Å². The highest BCUT2D eigenvalue weighted by Crippen LogP contribution is 2.39. The second kappa shape index (κ2) is 5.87. The van der Waals surface area contributed by atoms with Crippen molar-refractivity contribution in [3.8, 4) is 5.75 Å².